The van der Waals surface area contributed by atoms with Crippen molar-refractivity contribution in [2.24, 2.45) is 0 Å². The monoisotopic (exact) mass is 441 g/mol. The molecular formula is C24H26ClN2O2S+. The maximum atomic E-state index is 12.9. The number of carbonyl (C=O) groups excluding carboxylic acids is 2. The van der Waals surface area contributed by atoms with E-state index in [1.165, 1.54) is 37.4 Å². The van der Waals surface area contributed by atoms with Gasteiger partial charge in [0.25, 0.3) is 5.91 Å². The lowest BCUT2D eigenvalue weighted by molar-refractivity contribution is -0.413. The van der Waals surface area contributed by atoms with Gasteiger partial charge in [0.15, 0.2) is 0 Å². The molecule has 1 aromatic carbocycles. The van der Waals surface area contributed by atoms with Crippen molar-refractivity contribution >= 4 is 47.0 Å². The molecule has 30 heavy (non-hydrogen) atoms. The van der Waals surface area contributed by atoms with Crippen molar-refractivity contribution < 1.29 is 14.2 Å². The summed E-state index contributed by atoms with van der Waals surface area (Å²) in [4.78, 5) is 26.4. The van der Waals surface area contributed by atoms with E-state index in [0.717, 1.165) is 24.1 Å². The van der Waals surface area contributed by atoms with Crippen molar-refractivity contribution in [1.29, 1.82) is 0 Å². The van der Waals surface area contributed by atoms with Crippen LogP contribution in [0.2, 0.25) is 5.02 Å². The Labute approximate surface area is 186 Å². The van der Waals surface area contributed by atoms with Gasteiger partial charge in [0.2, 0.25) is 5.71 Å². The number of halogens is 1. The van der Waals surface area contributed by atoms with E-state index in [0.29, 0.717) is 15.5 Å². The van der Waals surface area contributed by atoms with Crippen LogP contribution >= 0.6 is 23.4 Å². The van der Waals surface area contributed by atoms with Crippen molar-refractivity contribution in [3.63, 3.8) is 0 Å². The number of fused-ring (bicyclic) bond motifs is 1. The van der Waals surface area contributed by atoms with E-state index in [4.69, 9.17) is 11.6 Å². The fraction of sp³-hybridized carbons (Fsp3) is 0.375. The summed E-state index contributed by atoms with van der Waals surface area (Å²) in [6.45, 7) is 0. The zero-order chi connectivity index (χ0) is 21.1. The van der Waals surface area contributed by atoms with Crippen LogP contribution in [0.5, 0.6) is 0 Å². The van der Waals surface area contributed by atoms with Gasteiger partial charge in [0.05, 0.1) is 0 Å². The maximum absolute atomic E-state index is 12.9. The highest BCUT2D eigenvalue weighted by atomic mass is 35.5. The Balaban J connectivity index is 1.53. The minimum atomic E-state index is -0.0682. The third-order valence-electron chi connectivity index (χ3n) is 5.80. The van der Waals surface area contributed by atoms with Crippen molar-refractivity contribution in [3.8, 4) is 0 Å². The standard InChI is InChI=1S/C24H25ClN2O2S/c1-27-20-15-17(23(28)26-19-9-4-2-3-5-10-19)11-12-21(20)30-22(24(27)29)14-16-7-6-8-18(25)13-16/h6-8,11-15,19,21H,2-5,9-10H2,1H3/p+1/b22-14-. The van der Waals surface area contributed by atoms with E-state index in [9.17, 15) is 9.59 Å². The summed E-state index contributed by atoms with van der Waals surface area (Å²) >= 11 is 7.58. The number of nitrogens with zero attached hydrogens (tertiary/aromatic N) is 1. The predicted octanol–water partition coefficient (Wildman–Crippen LogP) is 4.74. The van der Waals surface area contributed by atoms with E-state index in [-0.39, 0.29) is 23.1 Å². The van der Waals surface area contributed by atoms with Gasteiger partial charge in [-0.15, -0.1) is 0 Å². The number of amides is 2. The Morgan fingerprint density at radius 2 is 2.00 bits per heavy atom. The highest BCUT2D eigenvalue weighted by Crippen LogP contribution is 2.33. The molecule has 1 aliphatic heterocycles. The summed E-state index contributed by atoms with van der Waals surface area (Å²) in [5, 5.41) is 3.84. The molecule has 1 atom stereocenters. The number of likely N-dealkylation sites (N-methyl/N-ethyl adjacent to an activating group) is 1. The molecule has 156 valence electrons. The van der Waals surface area contributed by atoms with Crippen LogP contribution in [0.4, 0.5) is 0 Å². The molecule has 1 aromatic rings. The number of hydrogen-bond acceptors (Lipinski definition) is 3. The van der Waals surface area contributed by atoms with Gasteiger partial charge in [-0.05, 0) is 36.6 Å². The molecule has 0 bridgehead atoms. The van der Waals surface area contributed by atoms with Gasteiger partial charge in [0, 0.05) is 22.7 Å². The first-order chi connectivity index (χ1) is 14.5. The van der Waals surface area contributed by atoms with E-state index < -0.39 is 0 Å². The smallest absolute Gasteiger partial charge is 0.349 e. The van der Waals surface area contributed by atoms with Gasteiger partial charge in [-0.3, -0.25) is 4.79 Å². The predicted molar refractivity (Wildman–Crippen MR) is 124 cm³/mol. The van der Waals surface area contributed by atoms with Gasteiger partial charge >= 0.3 is 5.91 Å². The van der Waals surface area contributed by atoms with Crippen LogP contribution in [-0.2, 0) is 9.59 Å². The van der Waals surface area contributed by atoms with Gasteiger partial charge in [-0.1, -0.05) is 73.3 Å². The second kappa shape index (κ2) is 9.36. The molecule has 0 radical (unpaired) electrons. The second-order valence-corrected chi connectivity index (χ2v) is 9.63. The summed E-state index contributed by atoms with van der Waals surface area (Å²) in [7, 11) is 1.77. The molecule has 2 amide bonds. The number of thioether (sulfide) groups is 1. The van der Waals surface area contributed by atoms with Crippen LogP contribution in [0.1, 0.15) is 44.1 Å². The molecular weight excluding hydrogens is 416 g/mol. The van der Waals surface area contributed by atoms with Crippen LogP contribution in [0.15, 0.2) is 53.0 Å². The molecule has 3 aliphatic rings. The number of hydrogen-bond donors (Lipinski definition) is 1. The van der Waals surface area contributed by atoms with E-state index in [1.807, 2.05) is 48.6 Å². The van der Waals surface area contributed by atoms with E-state index >= 15 is 0 Å². The van der Waals surface area contributed by atoms with Crippen LogP contribution < -0.4 is 5.32 Å². The largest absolute Gasteiger partial charge is 0.425 e. The van der Waals surface area contributed by atoms with Crippen molar-refractivity contribution in [2.75, 3.05) is 7.05 Å². The molecule has 1 N–H and O–H groups in total. The Bertz CT molecular complexity index is 985. The quantitative estimate of drug-likeness (QED) is 0.418. The topological polar surface area (TPSA) is 49.2 Å². The van der Waals surface area contributed by atoms with Gasteiger partial charge in [-0.25, -0.2) is 4.79 Å². The third kappa shape index (κ3) is 4.79. The Hall–Kier alpha value is -2.11. The molecule has 1 saturated carbocycles. The molecule has 6 heteroatoms. The summed E-state index contributed by atoms with van der Waals surface area (Å²) in [5.74, 6) is -0.114. The molecule has 0 saturated heterocycles. The number of rotatable bonds is 3. The first kappa shape index (κ1) is 21.1. The molecule has 1 heterocycles. The minimum Gasteiger partial charge on any atom is -0.349 e. The highest BCUT2D eigenvalue weighted by Gasteiger charge is 2.38. The molecule has 4 rings (SSSR count). The van der Waals surface area contributed by atoms with Gasteiger partial charge < -0.3 is 5.32 Å². The second-order valence-electron chi connectivity index (χ2n) is 8.01. The molecule has 0 aromatic heterocycles. The van der Waals surface area contributed by atoms with Crippen LogP contribution in [0.3, 0.4) is 0 Å². The number of allylic oxidation sites excluding steroid dienone is 1. The maximum Gasteiger partial charge on any atom is 0.425 e. The zero-order valence-electron chi connectivity index (χ0n) is 17.1. The van der Waals surface area contributed by atoms with Crippen molar-refractivity contribution in [3.05, 3.63) is 63.6 Å². The molecule has 2 aliphatic carbocycles. The Kier molecular flexibility index (Phi) is 6.59. The number of benzene rings is 1. The van der Waals surface area contributed by atoms with Crippen LogP contribution in [0.25, 0.3) is 6.08 Å². The van der Waals surface area contributed by atoms with E-state index in [1.54, 1.807) is 11.6 Å². The van der Waals surface area contributed by atoms with Gasteiger partial charge in [-0.2, -0.15) is 4.58 Å². The lowest BCUT2D eigenvalue weighted by atomic mass is 10.0. The molecule has 0 spiro atoms. The first-order valence-corrected chi connectivity index (χ1v) is 11.8. The number of nitrogens with one attached hydrogen (secondary N) is 1. The highest BCUT2D eigenvalue weighted by molar-refractivity contribution is 8.05. The normalized spacial score (nSPS) is 23.8. The average Bonchev–Trinajstić information content (AvgIpc) is 3.00. The summed E-state index contributed by atoms with van der Waals surface area (Å²) < 4.78 is 1.65. The minimum absolute atomic E-state index is 0.00700. The van der Waals surface area contributed by atoms with Crippen LogP contribution in [-0.4, -0.2) is 40.4 Å². The average molecular weight is 442 g/mol. The van der Waals surface area contributed by atoms with E-state index in [2.05, 4.69) is 5.32 Å². The third-order valence-corrected chi connectivity index (χ3v) is 7.24. The van der Waals surface area contributed by atoms with Gasteiger partial charge in [0.1, 0.15) is 17.2 Å². The molecule has 4 nitrogen and oxygen atoms in total. The number of carbonyl (C=O) groups is 2. The lowest BCUT2D eigenvalue weighted by Gasteiger charge is -2.22. The molecule has 1 fully saturated rings. The Morgan fingerprint density at radius 3 is 2.73 bits per heavy atom. The fourth-order valence-electron chi connectivity index (χ4n) is 4.11. The lowest BCUT2D eigenvalue weighted by Crippen LogP contribution is -2.39. The zero-order valence-corrected chi connectivity index (χ0v) is 18.6. The van der Waals surface area contributed by atoms with Crippen molar-refractivity contribution in [2.45, 2.75) is 49.8 Å². The molecule has 1 unspecified atom stereocenters. The SMILES string of the molecule is C[N+]1=C2C=C(C(=O)NC3CCCCCC3)C=CC2S/C(=C\c2cccc(Cl)c2)C1=O. The first-order valence-electron chi connectivity index (χ1n) is 10.5. The summed E-state index contributed by atoms with van der Waals surface area (Å²) in [6, 6.07) is 7.71. The summed E-state index contributed by atoms with van der Waals surface area (Å²) in [5.41, 5.74) is 2.36. The Morgan fingerprint density at radius 1 is 1.23 bits per heavy atom. The van der Waals surface area contributed by atoms with Crippen LogP contribution in [0, 0.1) is 0 Å². The summed E-state index contributed by atoms with van der Waals surface area (Å²) in [6.07, 6.45) is 14.6. The fourth-order valence-corrected chi connectivity index (χ4v) is 5.53. The van der Waals surface area contributed by atoms with Crippen molar-refractivity contribution in [1.82, 2.24) is 5.32 Å².